The number of H-pyrrole nitrogens is 1. The second-order valence-corrected chi connectivity index (χ2v) is 9.74. The number of aromatic amines is 1. The molecule has 162 valence electrons. The van der Waals surface area contributed by atoms with Gasteiger partial charge in [0.15, 0.2) is 0 Å². The van der Waals surface area contributed by atoms with E-state index in [2.05, 4.69) is 9.88 Å². The summed E-state index contributed by atoms with van der Waals surface area (Å²) in [6, 6.07) is 9.09. The first-order valence-electron chi connectivity index (χ1n) is 10.9. The van der Waals surface area contributed by atoms with Crippen LogP contribution < -0.4 is 11.2 Å². The van der Waals surface area contributed by atoms with E-state index in [9.17, 15) is 14.0 Å². The Kier molecular flexibility index (Phi) is 5.40. The molecule has 1 N–H and O–H groups in total. The standard InChI is InChI=1S/C24H26FN3O2S/c25-18-5-6-20-17(14-18)7-8-24(20)9-12-27(16-24)10-1-2-11-28-15-19(21-4-3-13-31-21)22(29)26-23(28)30/h3-6,13-15H,1-2,7-12,16H2,(H,26,29,30). The third kappa shape index (κ3) is 3.92. The van der Waals surface area contributed by atoms with Crippen LogP contribution in [-0.4, -0.2) is 34.1 Å². The van der Waals surface area contributed by atoms with Crippen LogP contribution in [0.2, 0.25) is 0 Å². The lowest BCUT2D eigenvalue weighted by Gasteiger charge is -2.25. The van der Waals surface area contributed by atoms with E-state index >= 15 is 0 Å². The van der Waals surface area contributed by atoms with E-state index in [-0.39, 0.29) is 22.5 Å². The molecule has 2 aromatic heterocycles. The fraction of sp³-hybridized carbons (Fsp3) is 0.417. The first-order chi connectivity index (χ1) is 15.0. The molecule has 1 aromatic carbocycles. The first-order valence-corrected chi connectivity index (χ1v) is 11.8. The van der Waals surface area contributed by atoms with E-state index in [0.29, 0.717) is 12.1 Å². The fourth-order valence-electron chi connectivity index (χ4n) is 5.27. The van der Waals surface area contributed by atoms with E-state index in [1.54, 1.807) is 22.9 Å². The van der Waals surface area contributed by atoms with Crippen LogP contribution in [-0.2, 0) is 18.4 Å². The number of aryl methyl sites for hydroxylation is 2. The van der Waals surface area contributed by atoms with Crippen molar-refractivity contribution in [2.24, 2.45) is 0 Å². The number of hydrogen-bond donors (Lipinski definition) is 1. The van der Waals surface area contributed by atoms with Crippen LogP contribution in [0.5, 0.6) is 0 Å². The van der Waals surface area contributed by atoms with Gasteiger partial charge in [0.1, 0.15) is 5.82 Å². The summed E-state index contributed by atoms with van der Waals surface area (Å²) in [5.41, 5.74) is 2.59. The van der Waals surface area contributed by atoms with Gasteiger partial charge in [-0.05, 0) is 79.9 Å². The molecule has 1 saturated heterocycles. The second kappa shape index (κ2) is 8.20. The molecule has 1 aliphatic heterocycles. The Morgan fingerprint density at radius 3 is 2.84 bits per heavy atom. The van der Waals surface area contributed by atoms with Crippen molar-refractivity contribution in [3.63, 3.8) is 0 Å². The lowest BCUT2D eigenvalue weighted by atomic mass is 9.81. The lowest BCUT2D eigenvalue weighted by Crippen LogP contribution is -2.31. The van der Waals surface area contributed by atoms with E-state index in [0.717, 1.165) is 56.6 Å². The van der Waals surface area contributed by atoms with E-state index in [1.165, 1.54) is 22.5 Å². The van der Waals surface area contributed by atoms with Gasteiger partial charge in [0.05, 0.1) is 5.56 Å². The number of unbranched alkanes of at least 4 members (excludes halogenated alkanes) is 1. The van der Waals surface area contributed by atoms with Crippen molar-refractivity contribution in [1.82, 2.24) is 14.5 Å². The number of fused-ring (bicyclic) bond motifs is 2. The van der Waals surface area contributed by atoms with Crippen LogP contribution in [0, 0.1) is 5.82 Å². The van der Waals surface area contributed by atoms with Gasteiger partial charge in [-0.25, -0.2) is 9.18 Å². The molecule has 0 amide bonds. The third-order valence-electron chi connectivity index (χ3n) is 6.87. The van der Waals surface area contributed by atoms with Crippen molar-refractivity contribution in [2.45, 2.75) is 44.1 Å². The summed E-state index contributed by atoms with van der Waals surface area (Å²) >= 11 is 1.49. The minimum atomic E-state index is -0.347. The molecule has 2 aliphatic rings. The highest BCUT2D eigenvalue weighted by Crippen LogP contribution is 2.45. The number of thiophene rings is 1. The highest BCUT2D eigenvalue weighted by Gasteiger charge is 2.43. The lowest BCUT2D eigenvalue weighted by molar-refractivity contribution is 0.299. The summed E-state index contributed by atoms with van der Waals surface area (Å²) in [7, 11) is 0. The Labute approximate surface area is 184 Å². The molecule has 31 heavy (non-hydrogen) atoms. The quantitative estimate of drug-likeness (QED) is 0.595. The number of aromatic nitrogens is 2. The zero-order chi connectivity index (χ0) is 21.4. The second-order valence-electron chi connectivity index (χ2n) is 8.79. The topological polar surface area (TPSA) is 58.1 Å². The molecule has 1 spiro atoms. The average molecular weight is 440 g/mol. The van der Waals surface area contributed by atoms with Gasteiger partial charge < -0.3 is 4.90 Å². The molecule has 3 heterocycles. The summed E-state index contributed by atoms with van der Waals surface area (Å²) in [5, 5.41) is 1.92. The van der Waals surface area contributed by atoms with Gasteiger partial charge in [0.2, 0.25) is 0 Å². The Hall–Kier alpha value is -2.51. The van der Waals surface area contributed by atoms with E-state index in [1.807, 2.05) is 23.6 Å². The SMILES string of the molecule is O=c1[nH]c(=O)n(CCCCN2CCC3(CCc4cc(F)ccc43)C2)cc1-c1cccs1. The van der Waals surface area contributed by atoms with Crippen LogP contribution in [0.1, 0.15) is 36.8 Å². The molecule has 0 bridgehead atoms. The minimum absolute atomic E-state index is 0.134. The van der Waals surface area contributed by atoms with Crippen LogP contribution in [0.4, 0.5) is 4.39 Å². The van der Waals surface area contributed by atoms with Gasteiger partial charge in [0.25, 0.3) is 5.56 Å². The highest BCUT2D eigenvalue weighted by atomic mass is 32.1. The van der Waals surface area contributed by atoms with Crippen molar-refractivity contribution in [3.05, 3.63) is 79.7 Å². The Morgan fingerprint density at radius 1 is 1.13 bits per heavy atom. The number of benzene rings is 1. The molecular formula is C24H26FN3O2S. The minimum Gasteiger partial charge on any atom is -0.302 e. The van der Waals surface area contributed by atoms with E-state index < -0.39 is 0 Å². The van der Waals surface area contributed by atoms with Gasteiger partial charge in [-0.15, -0.1) is 11.3 Å². The smallest absolute Gasteiger partial charge is 0.302 e. The number of nitrogens with one attached hydrogen (secondary N) is 1. The predicted molar refractivity (Wildman–Crippen MR) is 121 cm³/mol. The molecule has 5 rings (SSSR count). The van der Waals surface area contributed by atoms with Crippen molar-refractivity contribution in [1.29, 1.82) is 0 Å². The van der Waals surface area contributed by atoms with Gasteiger partial charge in [-0.2, -0.15) is 0 Å². The van der Waals surface area contributed by atoms with Crippen molar-refractivity contribution in [3.8, 4) is 10.4 Å². The largest absolute Gasteiger partial charge is 0.328 e. The molecule has 3 aromatic rings. The zero-order valence-electron chi connectivity index (χ0n) is 17.4. The predicted octanol–water partition coefficient (Wildman–Crippen LogP) is 3.77. The number of halogens is 1. The van der Waals surface area contributed by atoms with Gasteiger partial charge in [-0.3, -0.25) is 14.3 Å². The summed E-state index contributed by atoms with van der Waals surface area (Å²) in [5.74, 6) is -0.134. The number of rotatable bonds is 6. The molecule has 7 heteroatoms. The maximum atomic E-state index is 13.6. The monoisotopic (exact) mass is 439 g/mol. The van der Waals surface area contributed by atoms with Crippen molar-refractivity contribution in [2.75, 3.05) is 19.6 Å². The molecule has 5 nitrogen and oxygen atoms in total. The molecular weight excluding hydrogens is 413 g/mol. The first kappa shape index (κ1) is 20.4. The zero-order valence-corrected chi connectivity index (χ0v) is 18.2. The summed E-state index contributed by atoms with van der Waals surface area (Å²) in [6.07, 6.45) is 6.78. The average Bonchev–Trinajstić information content (AvgIpc) is 3.49. The van der Waals surface area contributed by atoms with Crippen LogP contribution in [0.3, 0.4) is 0 Å². The van der Waals surface area contributed by atoms with Crippen LogP contribution in [0.15, 0.2) is 51.5 Å². The van der Waals surface area contributed by atoms with Crippen molar-refractivity contribution >= 4 is 11.3 Å². The fourth-order valence-corrected chi connectivity index (χ4v) is 6.00. The van der Waals surface area contributed by atoms with Gasteiger partial charge in [0, 0.05) is 29.6 Å². The molecule has 1 aliphatic carbocycles. The Balaban J connectivity index is 1.18. The summed E-state index contributed by atoms with van der Waals surface area (Å²) in [6.45, 7) is 3.69. The molecule has 1 atom stereocenters. The Bertz CT molecular complexity index is 1200. The number of hydrogen-bond acceptors (Lipinski definition) is 4. The van der Waals surface area contributed by atoms with Crippen LogP contribution in [0.25, 0.3) is 10.4 Å². The number of nitrogens with zero attached hydrogens (tertiary/aromatic N) is 2. The Morgan fingerprint density at radius 2 is 2.00 bits per heavy atom. The number of likely N-dealkylation sites (tertiary alicyclic amines) is 1. The highest BCUT2D eigenvalue weighted by molar-refractivity contribution is 7.13. The van der Waals surface area contributed by atoms with E-state index in [4.69, 9.17) is 0 Å². The van der Waals surface area contributed by atoms with Gasteiger partial charge in [-0.1, -0.05) is 12.1 Å². The third-order valence-corrected chi connectivity index (χ3v) is 7.77. The molecule has 0 saturated carbocycles. The normalized spacial score (nSPS) is 20.5. The maximum absolute atomic E-state index is 13.6. The molecule has 0 radical (unpaired) electrons. The molecule has 1 fully saturated rings. The maximum Gasteiger partial charge on any atom is 0.328 e. The summed E-state index contributed by atoms with van der Waals surface area (Å²) in [4.78, 5) is 30.2. The van der Waals surface area contributed by atoms with Crippen molar-refractivity contribution < 1.29 is 4.39 Å². The molecule has 1 unspecified atom stereocenters. The van der Waals surface area contributed by atoms with Gasteiger partial charge >= 0.3 is 5.69 Å². The van der Waals surface area contributed by atoms with Crippen LogP contribution >= 0.6 is 11.3 Å². The summed E-state index contributed by atoms with van der Waals surface area (Å²) < 4.78 is 15.2.